The predicted molar refractivity (Wildman–Crippen MR) is 101 cm³/mol. The monoisotopic (exact) mass is 358 g/mol. The highest BCUT2D eigenvalue weighted by molar-refractivity contribution is 5.81. The van der Waals surface area contributed by atoms with Gasteiger partial charge >= 0.3 is 0 Å². The molecular formula is C20H26N2O4. The number of amides is 1. The molecule has 3 N–H and O–H groups in total. The highest BCUT2D eigenvalue weighted by atomic mass is 16.5. The topological polar surface area (TPSA) is 82.8 Å². The van der Waals surface area contributed by atoms with E-state index in [0.717, 1.165) is 11.1 Å². The molecule has 6 nitrogen and oxygen atoms in total. The molecule has 0 unspecified atom stereocenters. The van der Waals surface area contributed by atoms with Gasteiger partial charge in [-0.25, -0.2) is 0 Å². The minimum absolute atomic E-state index is 0.180. The van der Waals surface area contributed by atoms with E-state index in [1.807, 2.05) is 30.3 Å². The lowest BCUT2D eigenvalue weighted by atomic mass is 10.1. The number of ether oxygens (including phenoxy) is 3. The smallest absolute Gasteiger partial charge is 0.237 e. The molecule has 0 saturated heterocycles. The van der Waals surface area contributed by atoms with Crippen molar-refractivity contribution < 1.29 is 19.0 Å². The van der Waals surface area contributed by atoms with Gasteiger partial charge in [-0.05, 0) is 18.4 Å². The molecule has 1 amide bonds. The van der Waals surface area contributed by atoms with Crippen molar-refractivity contribution in [3.63, 3.8) is 0 Å². The molecule has 1 atom stereocenters. The standard InChI is InChI=1S/C20H26N2O4/c1-24-15-12-18(25-2)16(19(13-15)26-3)9-10-22-20(23)17(21)11-14-7-5-4-6-8-14/h4-8,12-13,17H,9-11,21H2,1-3H3,(H,22,23)/t17-/m0/s1. The van der Waals surface area contributed by atoms with Gasteiger partial charge in [0, 0.05) is 24.2 Å². The zero-order chi connectivity index (χ0) is 18.9. The summed E-state index contributed by atoms with van der Waals surface area (Å²) in [6.07, 6.45) is 1.06. The maximum Gasteiger partial charge on any atom is 0.237 e. The molecule has 0 heterocycles. The third-order valence-electron chi connectivity index (χ3n) is 4.13. The highest BCUT2D eigenvalue weighted by Crippen LogP contribution is 2.34. The second-order valence-electron chi connectivity index (χ2n) is 5.85. The number of nitrogens with two attached hydrogens (primary N) is 1. The fourth-order valence-electron chi connectivity index (χ4n) is 2.73. The molecule has 2 rings (SSSR count). The van der Waals surface area contributed by atoms with E-state index in [1.54, 1.807) is 33.5 Å². The number of rotatable bonds is 9. The van der Waals surface area contributed by atoms with E-state index in [2.05, 4.69) is 5.32 Å². The Hall–Kier alpha value is -2.73. The van der Waals surface area contributed by atoms with Crippen molar-refractivity contribution >= 4 is 5.91 Å². The molecular weight excluding hydrogens is 332 g/mol. The average Bonchev–Trinajstić information content (AvgIpc) is 2.68. The number of carbonyl (C=O) groups is 1. The first-order valence-corrected chi connectivity index (χ1v) is 8.45. The highest BCUT2D eigenvalue weighted by Gasteiger charge is 2.16. The number of benzene rings is 2. The predicted octanol–water partition coefficient (Wildman–Crippen LogP) is 1.94. The number of carbonyl (C=O) groups excluding carboxylic acids is 1. The normalized spacial score (nSPS) is 11.5. The molecule has 0 aliphatic carbocycles. The Balaban J connectivity index is 1.95. The zero-order valence-electron chi connectivity index (χ0n) is 15.5. The lowest BCUT2D eigenvalue weighted by molar-refractivity contribution is -0.122. The van der Waals surface area contributed by atoms with Gasteiger partial charge in [-0.15, -0.1) is 0 Å². The number of nitrogens with one attached hydrogen (secondary N) is 1. The maximum atomic E-state index is 12.2. The van der Waals surface area contributed by atoms with Crippen LogP contribution in [0.3, 0.4) is 0 Å². The van der Waals surface area contributed by atoms with Gasteiger partial charge in [0.15, 0.2) is 0 Å². The Morgan fingerprint density at radius 1 is 1.04 bits per heavy atom. The summed E-state index contributed by atoms with van der Waals surface area (Å²) in [5.41, 5.74) is 7.90. The van der Waals surface area contributed by atoms with Crippen molar-refractivity contribution in [1.82, 2.24) is 5.32 Å². The van der Waals surface area contributed by atoms with Crippen LogP contribution in [0, 0.1) is 0 Å². The molecule has 26 heavy (non-hydrogen) atoms. The zero-order valence-corrected chi connectivity index (χ0v) is 15.5. The van der Waals surface area contributed by atoms with Gasteiger partial charge in [-0.1, -0.05) is 30.3 Å². The van der Waals surface area contributed by atoms with Crippen LogP contribution in [0.4, 0.5) is 0 Å². The van der Waals surface area contributed by atoms with Gasteiger partial charge in [0.1, 0.15) is 17.2 Å². The molecule has 2 aromatic carbocycles. The molecule has 0 aliphatic rings. The fraction of sp³-hybridized carbons (Fsp3) is 0.350. The third kappa shape index (κ3) is 5.13. The van der Waals surface area contributed by atoms with E-state index < -0.39 is 6.04 Å². The average molecular weight is 358 g/mol. The summed E-state index contributed by atoms with van der Waals surface area (Å²) in [4.78, 5) is 12.2. The van der Waals surface area contributed by atoms with Crippen molar-refractivity contribution in [3.8, 4) is 17.2 Å². The fourth-order valence-corrected chi connectivity index (χ4v) is 2.73. The van der Waals surface area contributed by atoms with Crippen molar-refractivity contribution in [1.29, 1.82) is 0 Å². The van der Waals surface area contributed by atoms with E-state index >= 15 is 0 Å². The van der Waals surface area contributed by atoms with Gasteiger partial charge in [-0.2, -0.15) is 0 Å². The van der Waals surface area contributed by atoms with Gasteiger partial charge in [-0.3, -0.25) is 4.79 Å². The summed E-state index contributed by atoms with van der Waals surface area (Å²) < 4.78 is 16.1. The van der Waals surface area contributed by atoms with Crippen molar-refractivity contribution in [2.45, 2.75) is 18.9 Å². The van der Waals surface area contributed by atoms with Crippen LogP contribution in [0.5, 0.6) is 17.2 Å². The van der Waals surface area contributed by atoms with Crippen molar-refractivity contribution in [2.75, 3.05) is 27.9 Å². The summed E-state index contributed by atoms with van der Waals surface area (Å²) in [5, 5.41) is 2.88. The van der Waals surface area contributed by atoms with E-state index in [0.29, 0.717) is 36.6 Å². The van der Waals surface area contributed by atoms with Crippen LogP contribution in [0.1, 0.15) is 11.1 Å². The van der Waals surface area contributed by atoms with Crippen LogP contribution < -0.4 is 25.3 Å². The number of hydrogen-bond acceptors (Lipinski definition) is 5. The molecule has 6 heteroatoms. The lowest BCUT2D eigenvalue weighted by Crippen LogP contribution is -2.42. The van der Waals surface area contributed by atoms with Crippen molar-refractivity contribution in [2.24, 2.45) is 5.73 Å². The van der Waals surface area contributed by atoms with Gasteiger partial charge in [0.05, 0.1) is 27.4 Å². The number of hydrogen-bond donors (Lipinski definition) is 2. The lowest BCUT2D eigenvalue weighted by Gasteiger charge is -2.16. The van der Waals surface area contributed by atoms with E-state index in [9.17, 15) is 4.79 Å². The minimum Gasteiger partial charge on any atom is -0.496 e. The molecule has 0 saturated carbocycles. The maximum absolute atomic E-state index is 12.2. The molecule has 0 bridgehead atoms. The van der Waals surface area contributed by atoms with Crippen LogP contribution >= 0.6 is 0 Å². The second-order valence-corrected chi connectivity index (χ2v) is 5.85. The second kappa shape index (κ2) is 9.68. The van der Waals surface area contributed by atoms with Crippen LogP contribution in [0.15, 0.2) is 42.5 Å². The van der Waals surface area contributed by atoms with E-state index in [1.165, 1.54) is 0 Å². The molecule has 0 radical (unpaired) electrons. The van der Waals surface area contributed by atoms with Crippen molar-refractivity contribution in [3.05, 3.63) is 53.6 Å². The Kier molecular flexibility index (Phi) is 7.29. The summed E-state index contributed by atoms with van der Waals surface area (Å²) in [6, 6.07) is 12.7. The minimum atomic E-state index is -0.586. The Labute approximate surface area is 154 Å². The Bertz CT molecular complexity index is 694. The molecule has 2 aromatic rings. The van der Waals surface area contributed by atoms with Gasteiger partial charge in [0.2, 0.25) is 5.91 Å². The first-order valence-electron chi connectivity index (χ1n) is 8.45. The summed E-state index contributed by atoms with van der Waals surface area (Å²) in [7, 11) is 4.76. The summed E-state index contributed by atoms with van der Waals surface area (Å²) >= 11 is 0. The van der Waals surface area contributed by atoms with E-state index in [-0.39, 0.29) is 5.91 Å². The Morgan fingerprint density at radius 3 is 2.19 bits per heavy atom. The quantitative estimate of drug-likeness (QED) is 0.716. The first kappa shape index (κ1) is 19.6. The van der Waals surface area contributed by atoms with Crippen LogP contribution in [-0.4, -0.2) is 39.8 Å². The first-order chi connectivity index (χ1) is 12.6. The van der Waals surface area contributed by atoms with Gasteiger partial charge < -0.3 is 25.3 Å². The Morgan fingerprint density at radius 2 is 1.65 bits per heavy atom. The molecule has 0 aromatic heterocycles. The van der Waals surface area contributed by atoms with Gasteiger partial charge in [0.25, 0.3) is 0 Å². The summed E-state index contributed by atoms with van der Waals surface area (Å²) in [5.74, 6) is 1.78. The van der Waals surface area contributed by atoms with Crippen LogP contribution in [-0.2, 0) is 17.6 Å². The molecule has 140 valence electrons. The van der Waals surface area contributed by atoms with E-state index in [4.69, 9.17) is 19.9 Å². The third-order valence-corrected chi connectivity index (χ3v) is 4.13. The summed E-state index contributed by atoms with van der Waals surface area (Å²) in [6.45, 7) is 0.431. The molecule has 0 fully saturated rings. The SMILES string of the molecule is COc1cc(OC)c(CCNC(=O)[C@@H](N)Cc2ccccc2)c(OC)c1. The van der Waals surface area contributed by atoms with Crippen LogP contribution in [0.2, 0.25) is 0 Å². The molecule has 0 aliphatic heterocycles. The van der Waals surface area contributed by atoms with Crippen LogP contribution in [0.25, 0.3) is 0 Å². The molecule has 0 spiro atoms. The number of methoxy groups -OCH3 is 3. The largest absolute Gasteiger partial charge is 0.496 e.